The Balaban J connectivity index is 1.89. The lowest BCUT2D eigenvalue weighted by atomic mass is 9.96. The number of rotatable bonds is 3. The minimum atomic E-state index is -0.671. The molecule has 2 amide bonds. The SMILES string of the molecule is CC(=O)NCC1CN(C(=O)C2(N)CCCC2)CCO1. The third kappa shape index (κ3) is 3.45. The molecule has 108 valence electrons. The van der Waals surface area contributed by atoms with Gasteiger partial charge < -0.3 is 20.7 Å². The number of amides is 2. The first-order valence-corrected chi connectivity index (χ1v) is 6.95. The van der Waals surface area contributed by atoms with Crippen LogP contribution in [-0.2, 0) is 14.3 Å². The van der Waals surface area contributed by atoms with Gasteiger partial charge in [0.05, 0.1) is 18.2 Å². The molecule has 2 rings (SSSR count). The summed E-state index contributed by atoms with van der Waals surface area (Å²) in [7, 11) is 0. The van der Waals surface area contributed by atoms with Crippen LogP contribution in [0.2, 0.25) is 0 Å². The molecular weight excluding hydrogens is 246 g/mol. The van der Waals surface area contributed by atoms with Gasteiger partial charge in [0.2, 0.25) is 11.8 Å². The van der Waals surface area contributed by atoms with Crippen molar-refractivity contribution in [3.05, 3.63) is 0 Å². The number of nitrogens with two attached hydrogens (primary N) is 1. The number of carbonyl (C=O) groups excluding carboxylic acids is 2. The highest BCUT2D eigenvalue weighted by Gasteiger charge is 2.41. The van der Waals surface area contributed by atoms with Crippen molar-refractivity contribution in [2.75, 3.05) is 26.2 Å². The van der Waals surface area contributed by atoms with Gasteiger partial charge in [0.15, 0.2) is 0 Å². The molecule has 6 nitrogen and oxygen atoms in total. The molecule has 1 atom stereocenters. The second-order valence-electron chi connectivity index (χ2n) is 5.54. The Kier molecular flexibility index (Phi) is 4.42. The zero-order valence-corrected chi connectivity index (χ0v) is 11.5. The molecule has 19 heavy (non-hydrogen) atoms. The van der Waals surface area contributed by atoms with Crippen LogP contribution in [-0.4, -0.2) is 54.6 Å². The molecule has 0 aromatic heterocycles. The van der Waals surface area contributed by atoms with E-state index in [4.69, 9.17) is 10.5 Å². The number of ether oxygens (including phenoxy) is 1. The molecule has 1 aliphatic heterocycles. The smallest absolute Gasteiger partial charge is 0.242 e. The Morgan fingerprint density at radius 1 is 1.42 bits per heavy atom. The van der Waals surface area contributed by atoms with Crippen molar-refractivity contribution < 1.29 is 14.3 Å². The number of morpholine rings is 1. The van der Waals surface area contributed by atoms with Gasteiger partial charge in [-0.3, -0.25) is 9.59 Å². The Labute approximate surface area is 113 Å². The summed E-state index contributed by atoms with van der Waals surface area (Å²) in [6.45, 7) is 3.52. The first-order valence-electron chi connectivity index (χ1n) is 6.95. The van der Waals surface area contributed by atoms with Crippen LogP contribution in [0.25, 0.3) is 0 Å². The van der Waals surface area contributed by atoms with Crippen molar-refractivity contribution in [2.45, 2.75) is 44.2 Å². The van der Waals surface area contributed by atoms with E-state index in [1.54, 1.807) is 4.90 Å². The summed E-state index contributed by atoms with van der Waals surface area (Å²) in [6.07, 6.45) is 3.48. The molecule has 0 bridgehead atoms. The van der Waals surface area contributed by atoms with Crippen molar-refractivity contribution >= 4 is 11.8 Å². The lowest BCUT2D eigenvalue weighted by Gasteiger charge is -2.37. The van der Waals surface area contributed by atoms with Crippen molar-refractivity contribution in [2.24, 2.45) is 5.73 Å². The van der Waals surface area contributed by atoms with E-state index in [1.807, 2.05) is 0 Å². The zero-order chi connectivity index (χ0) is 13.9. The predicted molar refractivity (Wildman–Crippen MR) is 70.4 cm³/mol. The van der Waals surface area contributed by atoms with Crippen molar-refractivity contribution in [3.63, 3.8) is 0 Å². The number of carbonyl (C=O) groups is 2. The Morgan fingerprint density at radius 2 is 2.11 bits per heavy atom. The molecule has 1 unspecified atom stereocenters. The van der Waals surface area contributed by atoms with Crippen LogP contribution in [0.5, 0.6) is 0 Å². The maximum Gasteiger partial charge on any atom is 0.242 e. The van der Waals surface area contributed by atoms with Gasteiger partial charge >= 0.3 is 0 Å². The van der Waals surface area contributed by atoms with Gasteiger partial charge in [0, 0.05) is 26.6 Å². The first-order chi connectivity index (χ1) is 9.01. The largest absolute Gasteiger partial charge is 0.373 e. The summed E-state index contributed by atoms with van der Waals surface area (Å²) in [6, 6.07) is 0. The van der Waals surface area contributed by atoms with Crippen molar-refractivity contribution in [3.8, 4) is 0 Å². The quantitative estimate of drug-likeness (QED) is 0.731. The van der Waals surface area contributed by atoms with Gasteiger partial charge in [-0.15, -0.1) is 0 Å². The summed E-state index contributed by atoms with van der Waals surface area (Å²) in [5.41, 5.74) is 5.53. The molecule has 0 spiro atoms. The minimum absolute atomic E-state index is 0.0427. The Bertz CT molecular complexity index is 353. The number of nitrogens with zero attached hydrogens (tertiary/aromatic N) is 1. The predicted octanol–water partition coefficient (Wildman–Crippen LogP) is -0.379. The van der Waals surface area contributed by atoms with Gasteiger partial charge in [-0.2, -0.15) is 0 Å². The second-order valence-corrected chi connectivity index (χ2v) is 5.54. The first kappa shape index (κ1) is 14.3. The van der Waals surface area contributed by atoms with E-state index in [-0.39, 0.29) is 17.9 Å². The molecule has 3 N–H and O–H groups in total. The lowest BCUT2D eigenvalue weighted by molar-refractivity contribution is -0.144. The lowest BCUT2D eigenvalue weighted by Crippen LogP contribution is -2.58. The molecule has 6 heteroatoms. The summed E-state index contributed by atoms with van der Waals surface area (Å²) in [5.74, 6) is -0.0423. The Hall–Kier alpha value is -1.14. The third-order valence-electron chi connectivity index (χ3n) is 3.93. The fraction of sp³-hybridized carbons (Fsp3) is 0.846. The van der Waals surface area contributed by atoms with Gasteiger partial charge in [-0.05, 0) is 12.8 Å². The average Bonchev–Trinajstić information content (AvgIpc) is 2.84. The molecule has 0 aromatic rings. The van der Waals surface area contributed by atoms with Crippen molar-refractivity contribution in [1.29, 1.82) is 0 Å². The highest BCUT2D eigenvalue weighted by molar-refractivity contribution is 5.86. The molecule has 0 aromatic carbocycles. The Morgan fingerprint density at radius 3 is 2.74 bits per heavy atom. The highest BCUT2D eigenvalue weighted by atomic mass is 16.5. The molecule has 0 radical (unpaired) electrons. The maximum atomic E-state index is 12.5. The monoisotopic (exact) mass is 269 g/mol. The molecule has 1 heterocycles. The molecular formula is C13H23N3O3. The standard InChI is InChI=1S/C13H23N3O3/c1-10(17)15-8-11-9-16(6-7-19-11)12(18)13(14)4-2-3-5-13/h11H,2-9,14H2,1H3,(H,15,17). The van der Waals surface area contributed by atoms with Gasteiger partial charge in [0.25, 0.3) is 0 Å². The number of hydrogen-bond acceptors (Lipinski definition) is 4. The molecule has 1 aliphatic carbocycles. The van der Waals surface area contributed by atoms with E-state index < -0.39 is 5.54 Å². The van der Waals surface area contributed by atoms with Crippen LogP contribution in [0, 0.1) is 0 Å². The van der Waals surface area contributed by atoms with Gasteiger partial charge in [0.1, 0.15) is 0 Å². The number of hydrogen-bond donors (Lipinski definition) is 2. The molecule has 2 fully saturated rings. The summed E-state index contributed by atoms with van der Waals surface area (Å²) >= 11 is 0. The van der Waals surface area contributed by atoms with Crippen LogP contribution in [0.1, 0.15) is 32.6 Å². The van der Waals surface area contributed by atoms with Gasteiger partial charge in [-0.1, -0.05) is 12.8 Å². The summed E-state index contributed by atoms with van der Waals surface area (Å²) in [4.78, 5) is 25.2. The molecule has 1 saturated carbocycles. The fourth-order valence-electron chi connectivity index (χ4n) is 2.82. The van der Waals surface area contributed by atoms with E-state index in [1.165, 1.54) is 6.92 Å². The van der Waals surface area contributed by atoms with Crippen LogP contribution in [0.3, 0.4) is 0 Å². The summed E-state index contributed by atoms with van der Waals surface area (Å²) < 4.78 is 5.55. The normalized spacial score (nSPS) is 26.2. The third-order valence-corrected chi connectivity index (χ3v) is 3.93. The average molecular weight is 269 g/mol. The van der Waals surface area contributed by atoms with Crippen LogP contribution < -0.4 is 11.1 Å². The van der Waals surface area contributed by atoms with Gasteiger partial charge in [-0.25, -0.2) is 0 Å². The molecule has 2 aliphatic rings. The van der Waals surface area contributed by atoms with E-state index in [2.05, 4.69) is 5.32 Å². The molecule has 1 saturated heterocycles. The van der Waals surface area contributed by atoms with E-state index in [0.29, 0.717) is 26.2 Å². The van der Waals surface area contributed by atoms with E-state index in [9.17, 15) is 9.59 Å². The van der Waals surface area contributed by atoms with E-state index >= 15 is 0 Å². The maximum absolute atomic E-state index is 12.5. The topological polar surface area (TPSA) is 84.7 Å². The minimum Gasteiger partial charge on any atom is -0.373 e. The highest BCUT2D eigenvalue weighted by Crippen LogP contribution is 2.29. The van der Waals surface area contributed by atoms with Crippen LogP contribution >= 0.6 is 0 Å². The summed E-state index contributed by atoms with van der Waals surface area (Å²) in [5, 5.41) is 2.72. The second kappa shape index (κ2) is 5.88. The van der Waals surface area contributed by atoms with Crippen LogP contribution in [0.15, 0.2) is 0 Å². The number of nitrogens with one attached hydrogen (secondary N) is 1. The van der Waals surface area contributed by atoms with E-state index in [0.717, 1.165) is 25.7 Å². The zero-order valence-electron chi connectivity index (χ0n) is 11.5. The van der Waals surface area contributed by atoms with Crippen molar-refractivity contribution in [1.82, 2.24) is 10.2 Å². The fourth-order valence-corrected chi connectivity index (χ4v) is 2.82. The van der Waals surface area contributed by atoms with Crippen LogP contribution in [0.4, 0.5) is 0 Å².